The van der Waals surface area contributed by atoms with Gasteiger partial charge in [-0.15, -0.1) is 0 Å². The molecule has 9 heteroatoms. The van der Waals surface area contributed by atoms with Gasteiger partial charge in [0, 0.05) is 41.6 Å². The molecular formula is C44H39NO8. The quantitative estimate of drug-likeness (QED) is 0.164. The topological polar surface area (TPSA) is 130 Å². The Bertz CT molecular complexity index is 2190. The SMILES string of the molecule is COc1cc(O)c(C2C3=CCC4C(=O)N(CCc5ccc(O)cc5)C(=O)C4C3CC3C(=O)C(c4ccccc4)=CC(=O)C32c2ccccc2)c(OC)c1. The molecule has 53 heavy (non-hydrogen) atoms. The molecule has 2 amide bonds. The Morgan fingerprint density at radius 2 is 1.51 bits per heavy atom. The van der Waals surface area contributed by atoms with Gasteiger partial charge in [0.25, 0.3) is 0 Å². The summed E-state index contributed by atoms with van der Waals surface area (Å²) in [5, 5.41) is 21.6. The molecule has 4 aliphatic rings. The Morgan fingerprint density at radius 1 is 0.811 bits per heavy atom. The van der Waals surface area contributed by atoms with Crippen LogP contribution in [0.25, 0.3) is 5.57 Å². The van der Waals surface area contributed by atoms with Crippen LogP contribution in [-0.2, 0) is 31.0 Å². The highest BCUT2D eigenvalue weighted by Gasteiger charge is 2.66. The number of Topliss-reactive ketones (excluding diaryl/α,β-unsaturated/α-hetero) is 1. The third-order valence-corrected chi connectivity index (χ3v) is 11.9. The van der Waals surface area contributed by atoms with Crippen molar-refractivity contribution in [1.82, 2.24) is 4.90 Å². The molecule has 2 N–H and O–H groups in total. The highest BCUT2D eigenvalue weighted by atomic mass is 16.5. The van der Waals surface area contributed by atoms with Crippen LogP contribution in [0.1, 0.15) is 41.0 Å². The largest absolute Gasteiger partial charge is 0.508 e. The van der Waals surface area contributed by atoms with Crippen molar-refractivity contribution in [2.24, 2.45) is 23.7 Å². The fourth-order valence-electron chi connectivity index (χ4n) is 9.54. The fraction of sp³-hybridized carbons (Fsp3) is 0.273. The van der Waals surface area contributed by atoms with Crippen LogP contribution in [0.2, 0.25) is 0 Å². The second kappa shape index (κ2) is 13.2. The summed E-state index contributed by atoms with van der Waals surface area (Å²) < 4.78 is 11.4. The first kappa shape index (κ1) is 34.1. The van der Waals surface area contributed by atoms with E-state index >= 15 is 9.59 Å². The van der Waals surface area contributed by atoms with Crippen LogP contribution in [0.3, 0.4) is 0 Å². The minimum atomic E-state index is -1.52. The number of allylic oxidation sites excluding steroid dienone is 4. The van der Waals surface area contributed by atoms with Gasteiger partial charge in [0.05, 0.1) is 31.5 Å². The third-order valence-electron chi connectivity index (χ3n) is 11.9. The van der Waals surface area contributed by atoms with Gasteiger partial charge in [-0.05, 0) is 60.1 Å². The van der Waals surface area contributed by atoms with Crippen molar-refractivity contribution < 1.29 is 38.9 Å². The fourth-order valence-corrected chi connectivity index (χ4v) is 9.54. The third kappa shape index (κ3) is 5.28. The number of nitrogens with zero attached hydrogens (tertiary/aromatic N) is 1. The molecule has 2 fully saturated rings. The number of imide groups is 1. The number of likely N-dealkylation sites (tertiary alicyclic amines) is 1. The zero-order chi connectivity index (χ0) is 37.0. The van der Waals surface area contributed by atoms with Crippen molar-refractivity contribution in [3.05, 3.63) is 137 Å². The van der Waals surface area contributed by atoms with E-state index < -0.39 is 35.0 Å². The number of amides is 2. The Labute approximate surface area is 307 Å². The lowest BCUT2D eigenvalue weighted by Gasteiger charge is -2.55. The van der Waals surface area contributed by atoms with Gasteiger partial charge in [-0.25, -0.2) is 0 Å². The van der Waals surface area contributed by atoms with E-state index in [0.717, 1.165) is 11.1 Å². The lowest BCUT2D eigenvalue weighted by molar-refractivity contribution is -0.140. The summed E-state index contributed by atoms with van der Waals surface area (Å²) >= 11 is 0. The maximum Gasteiger partial charge on any atom is 0.233 e. The van der Waals surface area contributed by atoms with Gasteiger partial charge >= 0.3 is 0 Å². The lowest BCUT2D eigenvalue weighted by atomic mass is 9.44. The summed E-state index contributed by atoms with van der Waals surface area (Å²) in [6, 6.07) is 28.1. The number of ketones is 2. The molecule has 9 nitrogen and oxygen atoms in total. The molecule has 4 aromatic carbocycles. The number of rotatable bonds is 8. The molecule has 0 radical (unpaired) electrons. The average molecular weight is 710 g/mol. The van der Waals surface area contributed by atoms with E-state index in [2.05, 4.69) is 0 Å². The van der Waals surface area contributed by atoms with Gasteiger partial charge in [-0.1, -0.05) is 84.4 Å². The second-order valence-electron chi connectivity index (χ2n) is 14.3. The summed E-state index contributed by atoms with van der Waals surface area (Å²) in [7, 11) is 2.95. The van der Waals surface area contributed by atoms with E-state index in [1.807, 2.05) is 54.6 Å². The van der Waals surface area contributed by atoms with Crippen LogP contribution < -0.4 is 9.47 Å². The zero-order valence-electron chi connectivity index (χ0n) is 29.4. The highest BCUT2D eigenvalue weighted by molar-refractivity contribution is 6.31. The van der Waals surface area contributed by atoms with E-state index in [1.165, 1.54) is 31.3 Å². The molecular weight excluding hydrogens is 670 g/mol. The Kier molecular flexibility index (Phi) is 8.52. The Morgan fingerprint density at radius 3 is 2.19 bits per heavy atom. The maximum absolute atomic E-state index is 15.3. The molecule has 0 bridgehead atoms. The van der Waals surface area contributed by atoms with Gasteiger partial charge in [0.15, 0.2) is 11.6 Å². The number of ether oxygens (including phenoxy) is 2. The number of phenols is 2. The number of hydrogen-bond acceptors (Lipinski definition) is 8. The number of benzene rings is 4. The predicted octanol–water partition coefficient (Wildman–Crippen LogP) is 6.18. The summed E-state index contributed by atoms with van der Waals surface area (Å²) in [4.78, 5) is 60.3. The van der Waals surface area contributed by atoms with Crippen molar-refractivity contribution >= 4 is 29.0 Å². The van der Waals surface area contributed by atoms with Gasteiger partial charge in [0.1, 0.15) is 23.0 Å². The predicted molar refractivity (Wildman–Crippen MR) is 196 cm³/mol. The number of carbonyl (C=O) groups excluding carboxylic acids is 4. The zero-order valence-corrected chi connectivity index (χ0v) is 29.4. The van der Waals surface area contributed by atoms with Gasteiger partial charge in [0.2, 0.25) is 11.8 Å². The minimum absolute atomic E-state index is 0.130. The molecule has 268 valence electrons. The van der Waals surface area contributed by atoms with Crippen LogP contribution in [0, 0.1) is 23.7 Å². The van der Waals surface area contributed by atoms with E-state index in [4.69, 9.17) is 9.47 Å². The van der Waals surface area contributed by atoms with E-state index in [9.17, 15) is 19.8 Å². The number of hydrogen-bond donors (Lipinski definition) is 2. The van der Waals surface area contributed by atoms with Crippen LogP contribution in [0.5, 0.6) is 23.0 Å². The molecule has 1 saturated carbocycles. The van der Waals surface area contributed by atoms with Crippen molar-refractivity contribution in [3.63, 3.8) is 0 Å². The molecule has 0 spiro atoms. The normalized spacial score (nSPS) is 26.3. The summed E-state index contributed by atoms with van der Waals surface area (Å²) in [6.45, 7) is 0.170. The maximum atomic E-state index is 15.3. The molecule has 6 atom stereocenters. The van der Waals surface area contributed by atoms with Gasteiger partial charge in [-0.2, -0.15) is 0 Å². The van der Waals surface area contributed by atoms with E-state index in [1.54, 1.807) is 42.5 Å². The molecule has 4 aromatic rings. The highest BCUT2D eigenvalue weighted by Crippen LogP contribution is 2.65. The Balaban J connectivity index is 1.32. The van der Waals surface area contributed by atoms with Gasteiger partial charge < -0.3 is 19.7 Å². The first-order valence-corrected chi connectivity index (χ1v) is 17.9. The molecule has 6 unspecified atom stereocenters. The second-order valence-corrected chi connectivity index (χ2v) is 14.3. The lowest BCUT2D eigenvalue weighted by Crippen LogP contribution is -2.58. The molecule has 8 rings (SSSR count). The van der Waals surface area contributed by atoms with Crippen LogP contribution in [0.15, 0.2) is 115 Å². The van der Waals surface area contributed by atoms with Crippen molar-refractivity contribution in [2.45, 2.75) is 30.6 Å². The number of fused-ring (bicyclic) bond motifs is 4. The van der Waals surface area contributed by atoms with Crippen molar-refractivity contribution in [1.29, 1.82) is 0 Å². The number of aromatic hydroxyl groups is 2. The smallest absolute Gasteiger partial charge is 0.233 e. The van der Waals surface area contributed by atoms with Crippen LogP contribution in [-0.4, -0.2) is 59.3 Å². The minimum Gasteiger partial charge on any atom is -0.508 e. The molecule has 1 aliphatic heterocycles. The number of carbonyl (C=O) groups is 4. The van der Waals surface area contributed by atoms with Crippen LogP contribution >= 0.6 is 0 Å². The van der Waals surface area contributed by atoms with Gasteiger partial charge in [-0.3, -0.25) is 24.1 Å². The Hall–Kier alpha value is -5.96. The molecule has 1 saturated heterocycles. The number of methoxy groups -OCH3 is 2. The summed E-state index contributed by atoms with van der Waals surface area (Å²) in [5.41, 5.74) is 1.91. The molecule has 0 aromatic heterocycles. The average Bonchev–Trinajstić information content (AvgIpc) is 3.43. The number of phenolic OH excluding ortho intramolecular Hbond substituents is 2. The summed E-state index contributed by atoms with van der Waals surface area (Å²) in [5.74, 6) is -4.40. The molecule has 3 aliphatic carbocycles. The molecule has 1 heterocycles. The first-order chi connectivity index (χ1) is 25.7. The van der Waals surface area contributed by atoms with Crippen LogP contribution in [0.4, 0.5) is 0 Å². The standard InChI is InChI=1S/C44H39NO8/c1-52-29-21-35(47)39(36(22-29)53-2)40-30-17-18-31-38(43(51)45(42(31)50)20-19-25-13-15-28(46)16-14-25)33(30)23-34-41(49)32(26-9-5-3-6-10-26)24-37(48)44(34,40)27-11-7-4-8-12-27/h3-17,21-22,24,31,33-34,38,40,46-47H,18-20,23H2,1-2H3. The first-order valence-electron chi connectivity index (χ1n) is 17.9. The summed E-state index contributed by atoms with van der Waals surface area (Å²) in [6.07, 6.45) is 4.23. The van der Waals surface area contributed by atoms with E-state index in [0.29, 0.717) is 34.4 Å². The van der Waals surface area contributed by atoms with Crippen molar-refractivity contribution in [3.8, 4) is 23.0 Å². The van der Waals surface area contributed by atoms with E-state index in [-0.39, 0.29) is 60.0 Å². The monoisotopic (exact) mass is 709 g/mol. The van der Waals surface area contributed by atoms with Crippen molar-refractivity contribution in [2.75, 3.05) is 20.8 Å².